The van der Waals surface area contributed by atoms with Crippen LogP contribution in [0.1, 0.15) is 23.7 Å². The summed E-state index contributed by atoms with van der Waals surface area (Å²) in [5.74, 6) is 0.0412. The number of rotatable bonds is 2. The summed E-state index contributed by atoms with van der Waals surface area (Å²) in [5, 5.41) is 0. The van der Waals surface area contributed by atoms with Gasteiger partial charge in [0.25, 0.3) is 5.91 Å². The van der Waals surface area contributed by atoms with Gasteiger partial charge in [0, 0.05) is 22.5 Å². The number of halogens is 1. The molecule has 1 aliphatic rings. The van der Waals surface area contributed by atoms with Crippen molar-refractivity contribution in [3.8, 4) is 0 Å². The van der Waals surface area contributed by atoms with Crippen LogP contribution in [0.3, 0.4) is 0 Å². The third-order valence-electron chi connectivity index (χ3n) is 3.06. The molecule has 2 rings (SSSR count). The summed E-state index contributed by atoms with van der Waals surface area (Å²) in [4.78, 5) is 15.1. The van der Waals surface area contributed by atoms with E-state index >= 15 is 0 Å². The Balaban J connectivity index is 2.17. The Bertz CT molecular complexity index is 453. The first-order valence-corrected chi connectivity index (χ1v) is 7.25. The highest BCUT2D eigenvalue weighted by molar-refractivity contribution is 9.10. The van der Waals surface area contributed by atoms with Crippen LogP contribution in [-0.4, -0.2) is 36.6 Å². The van der Waals surface area contributed by atoms with E-state index in [-0.39, 0.29) is 12.0 Å². The Morgan fingerprint density at radius 1 is 1.61 bits per heavy atom. The third kappa shape index (κ3) is 3.08. The minimum absolute atomic E-state index is 0.0412. The molecule has 1 aromatic carbocycles. The predicted octanol–water partition coefficient (Wildman–Crippen LogP) is 2.99. The molecule has 1 heterocycles. The SMILES string of the molecule is CCC1CN(C(=O)c2cc(S)ccc2Br)CCO1. The molecule has 0 saturated carbocycles. The molecular formula is C13H16BrNO2S. The third-order valence-corrected chi connectivity index (χ3v) is 4.03. The lowest BCUT2D eigenvalue weighted by Crippen LogP contribution is -2.45. The fraction of sp³-hybridized carbons (Fsp3) is 0.462. The van der Waals surface area contributed by atoms with Gasteiger partial charge in [-0.25, -0.2) is 0 Å². The van der Waals surface area contributed by atoms with Crippen molar-refractivity contribution >= 4 is 34.5 Å². The standard InChI is InChI=1S/C13H16BrNO2S/c1-2-9-8-15(5-6-17-9)13(16)11-7-10(18)3-4-12(11)14/h3-4,7,9,18H,2,5-6,8H2,1H3. The minimum Gasteiger partial charge on any atom is -0.375 e. The van der Waals surface area contributed by atoms with Crippen LogP contribution < -0.4 is 0 Å². The van der Waals surface area contributed by atoms with Crippen LogP contribution in [0.25, 0.3) is 0 Å². The monoisotopic (exact) mass is 329 g/mol. The van der Waals surface area contributed by atoms with Crippen LogP contribution >= 0.6 is 28.6 Å². The molecule has 1 fully saturated rings. The number of morpholine rings is 1. The van der Waals surface area contributed by atoms with Gasteiger partial charge in [-0.3, -0.25) is 4.79 Å². The van der Waals surface area contributed by atoms with E-state index in [1.807, 2.05) is 17.0 Å². The number of ether oxygens (including phenoxy) is 1. The van der Waals surface area contributed by atoms with Gasteiger partial charge in [0.2, 0.25) is 0 Å². The molecular weight excluding hydrogens is 314 g/mol. The number of nitrogens with zero attached hydrogens (tertiary/aromatic N) is 1. The van der Waals surface area contributed by atoms with Crippen molar-refractivity contribution in [2.45, 2.75) is 24.3 Å². The summed E-state index contributed by atoms with van der Waals surface area (Å²) >= 11 is 7.70. The van der Waals surface area contributed by atoms with Crippen LogP contribution in [0.4, 0.5) is 0 Å². The van der Waals surface area contributed by atoms with Crippen molar-refractivity contribution in [2.75, 3.05) is 19.7 Å². The first kappa shape index (κ1) is 13.9. The zero-order valence-corrected chi connectivity index (χ0v) is 12.7. The molecule has 0 spiro atoms. The number of thiol groups is 1. The minimum atomic E-state index is 0.0412. The van der Waals surface area contributed by atoms with Crippen molar-refractivity contribution in [3.63, 3.8) is 0 Å². The van der Waals surface area contributed by atoms with E-state index in [9.17, 15) is 4.79 Å². The molecule has 98 valence electrons. The van der Waals surface area contributed by atoms with E-state index in [4.69, 9.17) is 4.74 Å². The van der Waals surface area contributed by atoms with Gasteiger partial charge < -0.3 is 9.64 Å². The smallest absolute Gasteiger partial charge is 0.255 e. The van der Waals surface area contributed by atoms with E-state index in [2.05, 4.69) is 35.5 Å². The zero-order chi connectivity index (χ0) is 13.1. The number of amides is 1. The average molecular weight is 330 g/mol. The van der Waals surface area contributed by atoms with Gasteiger partial charge in [-0.1, -0.05) is 6.92 Å². The molecule has 1 aliphatic heterocycles. The summed E-state index contributed by atoms with van der Waals surface area (Å²) in [6, 6.07) is 5.51. The molecule has 0 aliphatic carbocycles. The van der Waals surface area contributed by atoms with Gasteiger partial charge in [0.15, 0.2) is 0 Å². The molecule has 0 N–H and O–H groups in total. The number of hydrogen-bond donors (Lipinski definition) is 1. The van der Waals surface area contributed by atoms with Gasteiger partial charge in [-0.05, 0) is 40.5 Å². The topological polar surface area (TPSA) is 29.5 Å². The lowest BCUT2D eigenvalue weighted by Gasteiger charge is -2.32. The molecule has 5 heteroatoms. The molecule has 1 atom stereocenters. The van der Waals surface area contributed by atoms with Gasteiger partial charge in [-0.15, -0.1) is 12.6 Å². The molecule has 18 heavy (non-hydrogen) atoms. The van der Waals surface area contributed by atoms with Crippen molar-refractivity contribution in [1.82, 2.24) is 4.90 Å². The van der Waals surface area contributed by atoms with Crippen molar-refractivity contribution in [3.05, 3.63) is 28.2 Å². The Morgan fingerprint density at radius 3 is 3.11 bits per heavy atom. The second-order valence-corrected chi connectivity index (χ2v) is 5.69. The van der Waals surface area contributed by atoms with E-state index in [0.29, 0.717) is 25.3 Å². The van der Waals surface area contributed by atoms with Crippen LogP contribution in [0, 0.1) is 0 Å². The van der Waals surface area contributed by atoms with E-state index in [0.717, 1.165) is 15.8 Å². The van der Waals surface area contributed by atoms with Gasteiger partial charge >= 0.3 is 0 Å². The van der Waals surface area contributed by atoms with Crippen LogP contribution in [0.5, 0.6) is 0 Å². The first-order valence-electron chi connectivity index (χ1n) is 6.01. The number of carbonyl (C=O) groups excluding carboxylic acids is 1. The Kier molecular flexibility index (Phi) is 4.70. The Hall–Kier alpha value is -0.520. The summed E-state index contributed by atoms with van der Waals surface area (Å²) < 4.78 is 6.39. The molecule has 3 nitrogen and oxygen atoms in total. The van der Waals surface area contributed by atoms with E-state index < -0.39 is 0 Å². The molecule has 1 saturated heterocycles. The maximum absolute atomic E-state index is 12.4. The highest BCUT2D eigenvalue weighted by Crippen LogP contribution is 2.23. The predicted molar refractivity (Wildman–Crippen MR) is 77.3 cm³/mol. The number of benzene rings is 1. The Morgan fingerprint density at radius 2 is 2.39 bits per heavy atom. The second-order valence-electron chi connectivity index (χ2n) is 4.32. The van der Waals surface area contributed by atoms with E-state index in [1.54, 1.807) is 6.07 Å². The summed E-state index contributed by atoms with van der Waals surface area (Å²) in [6.07, 6.45) is 1.08. The van der Waals surface area contributed by atoms with Gasteiger partial charge in [0.1, 0.15) is 0 Å². The lowest BCUT2D eigenvalue weighted by molar-refractivity contribution is -0.0226. The lowest BCUT2D eigenvalue weighted by atomic mass is 10.1. The number of carbonyl (C=O) groups is 1. The summed E-state index contributed by atoms with van der Waals surface area (Å²) in [6.45, 7) is 4.00. The van der Waals surface area contributed by atoms with Crippen LogP contribution in [0.15, 0.2) is 27.6 Å². The fourth-order valence-electron chi connectivity index (χ4n) is 2.00. The summed E-state index contributed by atoms with van der Waals surface area (Å²) in [5.41, 5.74) is 0.666. The van der Waals surface area contributed by atoms with Crippen LogP contribution in [0.2, 0.25) is 0 Å². The second kappa shape index (κ2) is 6.08. The molecule has 0 bridgehead atoms. The van der Waals surface area contributed by atoms with Crippen LogP contribution in [-0.2, 0) is 4.74 Å². The Labute approximate surface area is 121 Å². The van der Waals surface area contributed by atoms with Gasteiger partial charge in [-0.2, -0.15) is 0 Å². The van der Waals surface area contributed by atoms with Crippen molar-refractivity contribution in [2.24, 2.45) is 0 Å². The highest BCUT2D eigenvalue weighted by atomic mass is 79.9. The average Bonchev–Trinajstić information content (AvgIpc) is 2.41. The molecule has 0 radical (unpaired) electrons. The quantitative estimate of drug-likeness (QED) is 0.845. The molecule has 1 aromatic rings. The molecule has 0 aromatic heterocycles. The number of hydrogen-bond acceptors (Lipinski definition) is 3. The summed E-state index contributed by atoms with van der Waals surface area (Å²) in [7, 11) is 0. The maximum Gasteiger partial charge on any atom is 0.255 e. The van der Waals surface area contributed by atoms with E-state index in [1.165, 1.54) is 0 Å². The van der Waals surface area contributed by atoms with Gasteiger partial charge in [0.05, 0.1) is 18.3 Å². The molecule has 1 amide bonds. The molecule has 1 unspecified atom stereocenters. The largest absolute Gasteiger partial charge is 0.375 e. The van der Waals surface area contributed by atoms with Crippen molar-refractivity contribution < 1.29 is 9.53 Å². The first-order chi connectivity index (χ1) is 8.61. The van der Waals surface area contributed by atoms with Crippen molar-refractivity contribution in [1.29, 1.82) is 0 Å². The zero-order valence-electron chi connectivity index (χ0n) is 10.2. The maximum atomic E-state index is 12.4. The highest BCUT2D eigenvalue weighted by Gasteiger charge is 2.25. The normalized spacial score (nSPS) is 19.9. The fourth-order valence-corrected chi connectivity index (χ4v) is 2.62.